The number of aromatic amines is 1. The summed E-state index contributed by atoms with van der Waals surface area (Å²) in [6.45, 7) is 2.34. The van der Waals surface area contributed by atoms with Gasteiger partial charge in [0, 0.05) is 22.7 Å². The van der Waals surface area contributed by atoms with Crippen molar-refractivity contribution in [3.8, 4) is 0 Å². The smallest absolute Gasteiger partial charge is 0.254 e. The molecule has 1 saturated carbocycles. The lowest BCUT2D eigenvalue weighted by Gasteiger charge is -2.34. The summed E-state index contributed by atoms with van der Waals surface area (Å²) < 4.78 is 0. The molecule has 0 radical (unpaired) electrons. The van der Waals surface area contributed by atoms with Gasteiger partial charge in [-0.05, 0) is 49.4 Å². The van der Waals surface area contributed by atoms with E-state index in [1.165, 1.54) is 6.42 Å². The molecule has 144 valence electrons. The van der Waals surface area contributed by atoms with Crippen molar-refractivity contribution in [1.82, 2.24) is 9.88 Å². The minimum atomic E-state index is -0.114. The number of hydrogen-bond acceptors (Lipinski definition) is 2. The highest BCUT2D eigenvalue weighted by molar-refractivity contribution is 5.94. The van der Waals surface area contributed by atoms with Crippen LogP contribution in [-0.4, -0.2) is 21.8 Å². The van der Waals surface area contributed by atoms with Gasteiger partial charge < -0.3 is 9.88 Å². The Morgan fingerprint density at radius 2 is 1.82 bits per heavy atom. The van der Waals surface area contributed by atoms with E-state index in [1.807, 2.05) is 66.4 Å². The number of rotatable bonds is 4. The number of amides is 1. The normalized spacial score (nSPS) is 14.9. The Balaban J connectivity index is 1.70. The molecule has 4 rings (SSSR count). The highest BCUT2D eigenvalue weighted by Crippen LogP contribution is 2.26. The van der Waals surface area contributed by atoms with Gasteiger partial charge in [0.05, 0.1) is 6.54 Å². The predicted octanol–water partition coefficient (Wildman–Crippen LogP) is 4.81. The van der Waals surface area contributed by atoms with Crippen LogP contribution < -0.4 is 5.56 Å². The molecule has 1 heterocycles. The van der Waals surface area contributed by atoms with E-state index in [1.54, 1.807) is 0 Å². The average molecular weight is 374 g/mol. The zero-order valence-electron chi connectivity index (χ0n) is 16.3. The summed E-state index contributed by atoms with van der Waals surface area (Å²) in [5, 5.41) is 0.990. The number of carbonyl (C=O) groups excluding carboxylic acids is 1. The van der Waals surface area contributed by atoms with Crippen LogP contribution in [0.2, 0.25) is 0 Å². The molecule has 0 atom stereocenters. The number of H-pyrrole nitrogens is 1. The third-order valence-electron chi connectivity index (χ3n) is 5.71. The first-order valence-electron chi connectivity index (χ1n) is 10.1. The predicted molar refractivity (Wildman–Crippen MR) is 112 cm³/mol. The molecule has 1 aliphatic carbocycles. The number of hydrogen-bond donors (Lipinski definition) is 1. The first kappa shape index (κ1) is 18.5. The van der Waals surface area contributed by atoms with Gasteiger partial charge in [0.2, 0.25) is 0 Å². The van der Waals surface area contributed by atoms with Crippen molar-refractivity contribution in [2.45, 2.75) is 51.6 Å². The lowest BCUT2D eigenvalue weighted by molar-refractivity contribution is 0.0613. The second-order valence-corrected chi connectivity index (χ2v) is 7.81. The molecular weight excluding hydrogens is 348 g/mol. The van der Waals surface area contributed by atoms with Gasteiger partial charge in [-0.3, -0.25) is 9.59 Å². The quantitative estimate of drug-likeness (QED) is 0.712. The van der Waals surface area contributed by atoms with Crippen LogP contribution in [0.1, 0.15) is 53.6 Å². The molecular formula is C24H26N2O2. The van der Waals surface area contributed by atoms with Crippen molar-refractivity contribution >= 4 is 16.8 Å². The van der Waals surface area contributed by atoms with E-state index in [9.17, 15) is 9.59 Å². The van der Waals surface area contributed by atoms with E-state index in [0.29, 0.717) is 17.7 Å². The van der Waals surface area contributed by atoms with Gasteiger partial charge in [0.25, 0.3) is 11.5 Å². The fourth-order valence-corrected chi connectivity index (χ4v) is 4.20. The van der Waals surface area contributed by atoms with E-state index >= 15 is 0 Å². The molecule has 0 bridgehead atoms. The maximum absolute atomic E-state index is 13.4. The summed E-state index contributed by atoms with van der Waals surface area (Å²) in [4.78, 5) is 30.9. The van der Waals surface area contributed by atoms with Gasteiger partial charge in [0.1, 0.15) is 0 Å². The lowest BCUT2D eigenvalue weighted by Crippen LogP contribution is -2.42. The van der Waals surface area contributed by atoms with Crippen LogP contribution in [0.4, 0.5) is 0 Å². The third-order valence-corrected chi connectivity index (χ3v) is 5.71. The molecule has 0 spiro atoms. The summed E-state index contributed by atoms with van der Waals surface area (Å²) >= 11 is 0. The second kappa shape index (κ2) is 8.01. The number of aromatic nitrogens is 1. The monoisotopic (exact) mass is 374 g/mol. The largest absolute Gasteiger partial charge is 0.331 e. The molecule has 1 aromatic heterocycles. The Morgan fingerprint density at radius 1 is 1.04 bits per heavy atom. The van der Waals surface area contributed by atoms with Gasteiger partial charge in [-0.25, -0.2) is 0 Å². The number of benzene rings is 2. The molecule has 4 heteroatoms. The maximum atomic E-state index is 13.4. The van der Waals surface area contributed by atoms with E-state index in [-0.39, 0.29) is 17.5 Å². The van der Waals surface area contributed by atoms with E-state index in [4.69, 9.17) is 0 Å². The van der Waals surface area contributed by atoms with Crippen molar-refractivity contribution in [3.63, 3.8) is 0 Å². The fraction of sp³-hybridized carbons (Fsp3) is 0.333. The number of fused-ring (bicyclic) bond motifs is 1. The zero-order valence-corrected chi connectivity index (χ0v) is 16.3. The van der Waals surface area contributed by atoms with Gasteiger partial charge in [-0.2, -0.15) is 0 Å². The van der Waals surface area contributed by atoms with Gasteiger partial charge in [-0.15, -0.1) is 0 Å². The van der Waals surface area contributed by atoms with Crippen molar-refractivity contribution in [1.29, 1.82) is 0 Å². The van der Waals surface area contributed by atoms with Crippen LogP contribution in [0, 0.1) is 6.92 Å². The Hall–Kier alpha value is -2.88. The van der Waals surface area contributed by atoms with E-state index < -0.39 is 0 Å². The van der Waals surface area contributed by atoms with Crippen LogP contribution in [0.15, 0.2) is 59.4 Å². The fourth-order valence-electron chi connectivity index (χ4n) is 4.20. The molecule has 0 unspecified atom stereocenters. The Labute approximate surface area is 165 Å². The Bertz CT molecular complexity index is 1050. The number of aryl methyl sites for hydroxylation is 1. The molecule has 4 nitrogen and oxygen atoms in total. The number of nitrogens with one attached hydrogen (secondary N) is 1. The summed E-state index contributed by atoms with van der Waals surface area (Å²) in [6, 6.07) is 17.6. The molecule has 28 heavy (non-hydrogen) atoms. The first-order valence-corrected chi connectivity index (χ1v) is 10.1. The average Bonchev–Trinajstić information content (AvgIpc) is 2.72. The number of pyridine rings is 1. The number of para-hydroxylation sites is 1. The summed E-state index contributed by atoms with van der Waals surface area (Å²) in [6.07, 6.45) is 5.50. The van der Waals surface area contributed by atoms with Gasteiger partial charge >= 0.3 is 0 Å². The lowest BCUT2D eigenvalue weighted by atomic mass is 9.93. The molecule has 3 aromatic rings. The minimum absolute atomic E-state index is 0.0168. The second-order valence-electron chi connectivity index (χ2n) is 7.81. The molecule has 1 fully saturated rings. The van der Waals surface area contributed by atoms with Crippen LogP contribution in [0.25, 0.3) is 10.9 Å². The van der Waals surface area contributed by atoms with Crippen LogP contribution in [-0.2, 0) is 6.54 Å². The van der Waals surface area contributed by atoms with Crippen molar-refractivity contribution in [2.75, 3.05) is 0 Å². The zero-order chi connectivity index (χ0) is 19.5. The Kier molecular flexibility index (Phi) is 5.29. The van der Waals surface area contributed by atoms with E-state index in [0.717, 1.165) is 42.1 Å². The molecule has 0 aliphatic heterocycles. The molecule has 2 aromatic carbocycles. The summed E-state index contributed by atoms with van der Waals surface area (Å²) in [5.41, 5.74) is 3.12. The number of nitrogens with zero attached hydrogens (tertiary/aromatic N) is 1. The van der Waals surface area contributed by atoms with Crippen molar-refractivity contribution < 1.29 is 4.79 Å². The highest BCUT2D eigenvalue weighted by Gasteiger charge is 2.27. The summed E-state index contributed by atoms with van der Waals surface area (Å²) in [5.74, 6) is 0.0168. The topological polar surface area (TPSA) is 53.2 Å². The SMILES string of the molecule is Cc1cccc(C(=O)N(Cc2cc3ccccc3[nH]c2=O)C2CCCCC2)c1. The third kappa shape index (κ3) is 3.86. The van der Waals surface area contributed by atoms with Crippen LogP contribution in [0.5, 0.6) is 0 Å². The van der Waals surface area contributed by atoms with Gasteiger partial charge in [-0.1, -0.05) is 55.2 Å². The molecule has 1 aliphatic rings. The van der Waals surface area contributed by atoms with Crippen molar-refractivity contribution in [3.05, 3.63) is 81.6 Å². The molecule has 1 N–H and O–H groups in total. The summed E-state index contributed by atoms with van der Waals surface area (Å²) in [7, 11) is 0. The highest BCUT2D eigenvalue weighted by atomic mass is 16.2. The van der Waals surface area contributed by atoms with Gasteiger partial charge in [0.15, 0.2) is 0 Å². The first-order chi connectivity index (χ1) is 13.6. The van der Waals surface area contributed by atoms with Crippen LogP contribution >= 0.6 is 0 Å². The molecule has 1 amide bonds. The van der Waals surface area contributed by atoms with E-state index in [2.05, 4.69) is 4.98 Å². The minimum Gasteiger partial charge on any atom is -0.331 e. The number of carbonyl (C=O) groups is 1. The standard InChI is InChI=1S/C24H26N2O2/c1-17-8-7-10-19(14-17)24(28)26(21-11-3-2-4-12-21)16-20-15-18-9-5-6-13-22(18)25-23(20)27/h5-10,13-15,21H,2-4,11-12,16H2,1H3,(H,25,27). The maximum Gasteiger partial charge on any atom is 0.254 e. The Morgan fingerprint density at radius 3 is 2.61 bits per heavy atom. The van der Waals surface area contributed by atoms with Crippen molar-refractivity contribution in [2.24, 2.45) is 0 Å². The molecule has 0 saturated heterocycles. The van der Waals surface area contributed by atoms with Crippen LogP contribution in [0.3, 0.4) is 0 Å².